The number of aryl methyl sites for hydroxylation is 2. The lowest BCUT2D eigenvalue weighted by Gasteiger charge is -2.23. The van der Waals surface area contributed by atoms with Crippen molar-refractivity contribution in [2.75, 3.05) is 11.6 Å². The van der Waals surface area contributed by atoms with E-state index in [1.165, 1.54) is 22.5 Å². The first kappa shape index (κ1) is 9.13. The molecule has 0 saturated heterocycles. The number of benzene rings is 1. The molecule has 0 fully saturated rings. The largest absolute Gasteiger partial charge is 0.372 e. The Morgan fingerprint density at radius 3 is 2.29 bits per heavy atom. The Hall–Kier alpha value is -1.44. The summed E-state index contributed by atoms with van der Waals surface area (Å²) in [4.78, 5) is 2.31. The Bertz CT molecular complexity index is 360. The first-order valence-electron chi connectivity index (χ1n) is 4.94. The van der Waals surface area contributed by atoms with Crippen LogP contribution in [0.25, 0.3) is 0 Å². The zero-order valence-corrected chi connectivity index (χ0v) is 8.96. The molecule has 1 aliphatic rings. The molecule has 1 heterocycles. The Morgan fingerprint density at radius 2 is 1.79 bits per heavy atom. The first-order chi connectivity index (χ1) is 6.70. The van der Waals surface area contributed by atoms with Gasteiger partial charge in [0.1, 0.15) is 0 Å². The molecule has 0 unspecified atom stereocenters. The quantitative estimate of drug-likeness (QED) is 0.728. The molecule has 1 aromatic rings. The number of nitrogens with one attached hydrogen (secondary N) is 1. The van der Waals surface area contributed by atoms with E-state index in [1.807, 2.05) is 0 Å². The minimum atomic E-state index is 0.886. The second-order valence-corrected chi connectivity index (χ2v) is 3.82. The zero-order valence-electron chi connectivity index (χ0n) is 8.96. The van der Waals surface area contributed by atoms with Crippen LogP contribution < -0.4 is 10.2 Å². The van der Waals surface area contributed by atoms with Gasteiger partial charge in [0.05, 0.1) is 6.67 Å². The number of hydrogen-bond acceptors (Lipinski definition) is 2. The molecular formula is C12H16N2. The van der Waals surface area contributed by atoms with Crippen molar-refractivity contribution >= 4 is 5.69 Å². The number of anilines is 1. The third-order valence-corrected chi connectivity index (χ3v) is 2.70. The summed E-state index contributed by atoms with van der Waals surface area (Å²) in [7, 11) is 0. The van der Waals surface area contributed by atoms with E-state index in [9.17, 15) is 0 Å². The summed E-state index contributed by atoms with van der Waals surface area (Å²) >= 11 is 0. The van der Waals surface area contributed by atoms with Crippen LogP contribution in [0.15, 0.2) is 30.1 Å². The van der Waals surface area contributed by atoms with Crippen molar-refractivity contribution in [3.8, 4) is 0 Å². The van der Waals surface area contributed by atoms with Gasteiger partial charge >= 0.3 is 0 Å². The summed E-state index contributed by atoms with van der Waals surface area (Å²) in [6.07, 6.45) is 2.06. The molecule has 0 saturated carbocycles. The Morgan fingerprint density at radius 1 is 1.14 bits per heavy atom. The van der Waals surface area contributed by atoms with Crippen molar-refractivity contribution < 1.29 is 0 Å². The lowest BCUT2D eigenvalue weighted by atomic mass is 10.1. The van der Waals surface area contributed by atoms with Crippen LogP contribution in [-0.2, 0) is 0 Å². The Kier molecular flexibility index (Phi) is 2.20. The summed E-state index contributed by atoms with van der Waals surface area (Å²) in [5, 5.41) is 3.24. The molecule has 0 amide bonds. The summed E-state index contributed by atoms with van der Waals surface area (Å²) < 4.78 is 0. The molecular weight excluding hydrogens is 172 g/mol. The smallest absolute Gasteiger partial charge is 0.0919 e. The third kappa shape index (κ3) is 1.37. The van der Waals surface area contributed by atoms with Gasteiger partial charge in [-0.25, -0.2) is 0 Å². The molecule has 0 aliphatic carbocycles. The van der Waals surface area contributed by atoms with Gasteiger partial charge in [-0.3, -0.25) is 0 Å². The third-order valence-electron chi connectivity index (χ3n) is 2.70. The lowest BCUT2D eigenvalue weighted by Crippen LogP contribution is -2.23. The molecule has 74 valence electrons. The Labute approximate surface area is 85.2 Å². The van der Waals surface area contributed by atoms with Crippen LogP contribution in [0.3, 0.4) is 0 Å². The summed E-state index contributed by atoms with van der Waals surface area (Å²) in [5.41, 5.74) is 5.29. The van der Waals surface area contributed by atoms with Gasteiger partial charge in [0.25, 0.3) is 0 Å². The summed E-state index contributed by atoms with van der Waals surface area (Å²) in [6, 6.07) is 6.43. The molecule has 0 radical (unpaired) electrons. The fourth-order valence-corrected chi connectivity index (χ4v) is 1.97. The number of hydrogen-bond donors (Lipinski definition) is 1. The maximum atomic E-state index is 3.24. The van der Waals surface area contributed by atoms with Gasteiger partial charge in [-0.2, -0.15) is 0 Å². The van der Waals surface area contributed by atoms with Crippen molar-refractivity contribution in [2.24, 2.45) is 0 Å². The van der Waals surface area contributed by atoms with E-state index >= 15 is 0 Å². The fourth-order valence-electron chi connectivity index (χ4n) is 1.97. The number of para-hydroxylation sites is 1. The van der Waals surface area contributed by atoms with Crippen LogP contribution in [0.2, 0.25) is 0 Å². The van der Waals surface area contributed by atoms with Crippen LogP contribution in [0.1, 0.15) is 18.1 Å². The minimum absolute atomic E-state index is 0.886. The van der Waals surface area contributed by atoms with E-state index < -0.39 is 0 Å². The van der Waals surface area contributed by atoms with Gasteiger partial charge in [-0.05, 0) is 31.9 Å². The average Bonchev–Trinajstić information content (AvgIpc) is 2.52. The summed E-state index contributed by atoms with van der Waals surface area (Å²) in [6.45, 7) is 7.34. The lowest BCUT2D eigenvalue weighted by molar-refractivity contribution is 0.880. The molecule has 2 heteroatoms. The highest BCUT2D eigenvalue weighted by Crippen LogP contribution is 2.28. The second kappa shape index (κ2) is 3.37. The normalized spacial score (nSPS) is 15.4. The molecule has 0 spiro atoms. The molecule has 1 N–H and O–H groups in total. The van der Waals surface area contributed by atoms with Crippen molar-refractivity contribution in [3.05, 3.63) is 41.2 Å². The topological polar surface area (TPSA) is 15.3 Å². The highest BCUT2D eigenvalue weighted by Gasteiger charge is 2.16. The van der Waals surface area contributed by atoms with Gasteiger partial charge < -0.3 is 10.2 Å². The van der Waals surface area contributed by atoms with Crippen LogP contribution in [0.4, 0.5) is 5.69 Å². The molecule has 0 aromatic heterocycles. The van der Waals surface area contributed by atoms with Crippen molar-refractivity contribution in [3.63, 3.8) is 0 Å². The standard InChI is InChI=1S/C12H16N2/c1-9-5-4-6-10(2)12(9)14-8-13-7-11(14)3/h4-7,13H,8H2,1-3H3. The minimum Gasteiger partial charge on any atom is -0.372 e. The van der Waals surface area contributed by atoms with Crippen molar-refractivity contribution in [2.45, 2.75) is 20.8 Å². The number of nitrogens with zero attached hydrogens (tertiary/aromatic N) is 1. The second-order valence-electron chi connectivity index (χ2n) is 3.82. The highest BCUT2D eigenvalue weighted by molar-refractivity contribution is 5.62. The van der Waals surface area contributed by atoms with E-state index in [4.69, 9.17) is 0 Å². The van der Waals surface area contributed by atoms with Crippen molar-refractivity contribution in [1.29, 1.82) is 0 Å². The summed E-state index contributed by atoms with van der Waals surface area (Å²) in [5.74, 6) is 0. The van der Waals surface area contributed by atoms with Gasteiger partial charge in [0, 0.05) is 17.6 Å². The molecule has 0 bridgehead atoms. The zero-order chi connectivity index (χ0) is 10.1. The van der Waals surface area contributed by atoms with E-state index in [0.29, 0.717) is 0 Å². The monoisotopic (exact) mass is 188 g/mol. The van der Waals surface area contributed by atoms with Gasteiger partial charge in [-0.15, -0.1) is 0 Å². The van der Waals surface area contributed by atoms with E-state index in [2.05, 4.69) is 55.4 Å². The number of rotatable bonds is 1. The SMILES string of the molecule is CC1=CNCN1c1c(C)cccc1C. The van der Waals surface area contributed by atoms with Gasteiger partial charge in [-0.1, -0.05) is 18.2 Å². The fraction of sp³-hybridized carbons (Fsp3) is 0.333. The molecule has 2 nitrogen and oxygen atoms in total. The molecule has 2 rings (SSSR count). The average molecular weight is 188 g/mol. The Balaban J connectivity index is 2.46. The predicted molar refractivity (Wildman–Crippen MR) is 60.2 cm³/mol. The number of allylic oxidation sites excluding steroid dienone is 1. The van der Waals surface area contributed by atoms with E-state index in [0.717, 1.165) is 6.67 Å². The van der Waals surface area contributed by atoms with Crippen LogP contribution in [-0.4, -0.2) is 6.67 Å². The van der Waals surface area contributed by atoms with E-state index in [1.54, 1.807) is 0 Å². The molecule has 1 aromatic carbocycles. The van der Waals surface area contributed by atoms with Crippen LogP contribution in [0.5, 0.6) is 0 Å². The predicted octanol–water partition coefficient (Wildman–Crippen LogP) is 2.53. The molecule has 14 heavy (non-hydrogen) atoms. The maximum absolute atomic E-state index is 3.24. The van der Waals surface area contributed by atoms with Crippen LogP contribution in [0, 0.1) is 13.8 Å². The molecule has 1 aliphatic heterocycles. The van der Waals surface area contributed by atoms with E-state index in [-0.39, 0.29) is 0 Å². The highest BCUT2D eigenvalue weighted by atomic mass is 15.3. The maximum Gasteiger partial charge on any atom is 0.0919 e. The van der Waals surface area contributed by atoms with Gasteiger partial charge in [0.2, 0.25) is 0 Å². The van der Waals surface area contributed by atoms with Gasteiger partial charge in [0.15, 0.2) is 0 Å². The first-order valence-corrected chi connectivity index (χ1v) is 4.94. The van der Waals surface area contributed by atoms with Crippen molar-refractivity contribution in [1.82, 2.24) is 5.32 Å². The molecule has 0 atom stereocenters. The van der Waals surface area contributed by atoms with Crippen LogP contribution >= 0.6 is 0 Å².